The molecule has 2 aliphatic carbocycles. The van der Waals surface area contributed by atoms with Gasteiger partial charge in [0.15, 0.2) is 0 Å². The predicted octanol–water partition coefficient (Wildman–Crippen LogP) is 12.3. The Hall–Kier alpha value is -6.51. The van der Waals surface area contributed by atoms with E-state index < -0.39 is 5.41 Å². The lowest BCUT2D eigenvalue weighted by Crippen LogP contribution is -2.29. The van der Waals surface area contributed by atoms with Gasteiger partial charge in [-0.15, -0.1) is 0 Å². The Kier molecular flexibility index (Phi) is 5.62. The maximum absolute atomic E-state index is 6.83. The zero-order valence-electron chi connectivity index (χ0n) is 27.1. The molecule has 2 aromatic heterocycles. The fraction of sp³-hybridized carbons (Fsp3) is 0.0208. The molecule has 2 heteroatoms. The highest BCUT2D eigenvalue weighted by Crippen LogP contribution is 2.63. The first-order valence-corrected chi connectivity index (χ1v) is 17.2. The molecule has 7 aromatic carbocycles. The molecule has 0 saturated carbocycles. The van der Waals surface area contributed by atoms with Gasteiger partial charge in [-0.25, -0.2) is 0 Å². The minimum atomic E-state index is -0.642. The number of hydrogen-bond donors (Lipinski definition) is 0. The maximum Gasteiger partial charge on any atom is 0.143 e. The molecular weight excluding hydrogens is 607 g/mol. The molecule has 0 saturated heterocycles. The molecule has 1 unspecified atom stereocenters. The van der Waals surface area contributed by atoms with Crippen molar-refractivity contribution in [2.45, 2.75) is 5.41 Å². The molecule has 0 N–H and O–H groups in total. The topological polar surface area (TPSA) is 26.0 Å². The van der Waals surface area contributed by atoms with Gasteiger partial charge < -0.3 is 4.42 Å². The van der Waals surface area contributed by atoms with Crippen LogP contribution in [0.5, 0.6) is 0 Å². The fourth-order valence-electron chi connectivity index (χ4n) is 8.93. The smallest absolute Gasteiger partial charge is 0.143 e. The quantitative estimate of drug-likeness (QED) is 0.189. The van der Waals surface area contributed by atoms with Gasteiger partial charge >= 0.3 is 0 Å². The Morgan fingerprint density at radius 2 is 0.980 bits per heavy atom. The largest absolute Gasteiger partial charge is 0.455 e. The molecule has 50 heavy (non-hydrogen) atoms. The van der Waals surface area contributed by atoms with Crippen LogP contribution in [0.15, 0.2) is 181 Å². The summed E-state index contributed by atoms with van der Waals surface area (Å²) in [6, 6.07) is 60.2. The molecule has 232 valence electrons. The highest BCUT2D eigenvalue weighted by Gasteiger charge is 2.51. The number of rotatable bonds is 2. The van der Waals surface area contributed by atoms with Crippen molar-refractivity contribution in [1.29, 1.82) is 0 Å². The van der Waals surface area contributed by atoms with E-state index in [9.17, 15) is 0 Å². The first-order chi connectivity index (χ1) is 24.8. The summed E-state index contributed by atoms with van der Waals surface area (Å²) in [4.78, 5) is 4.34. The number of fused-ring (bicyclic) bond motifs is 16. The molecule has 0 aliphatic heterocycles. The van der Waals surface area contributed by atoms with Crippen LogP contribution in [0, 0.1) is 0 Å². The van der Waals surface area contributed by atoms with E-state index in [1.165, 1.54) is 72.3 Å². The summed E-state index contributed by atoms with van der Waals surface area (Å²) >= 11 is 0. The molecule has 2 heterocycles. The molecule has 11 rings (SSSR count). The van der Waals surface area contributed by atoms with Crippen LogP contribution in [0.25, 0.3) is 77.6 Å². The van der Waals surface area contributed by atoms with Gasteiger partial charge in [0.2, 0.25) is 0 Å². The molecule has 0 fully saturated rings. The first-order valence-electron chi connectivity index (χ1n) is 17.2. The van der Waals surface area contributed by atoms with E-state index in [2.05, 4.69) is 169 Å². The van der Waals surface area contributed by atoms with Gasteiger partial charge in [0.25, 0.3) is 0 Å². The van der Waals surface area contributed by atoms with E-state index in [4.69, 9.17) is 4.42 Å². The van der Waals surface area contributed by atoms with Gasteiger partial charge in [0.05, 0.1) is 5.41 Å². The lowest BCUT2D eigenvalue weighted by Gasteiger charge is -2.36. The van der Waals surface area contributed by atoms with Crippen molar-refractivity contribution in [3.63, 3.8) is 0 Å². The van der Waals surface area contributed by atoms with Crippen LogP contribution in [-0.2, 0) is 5.41 Å². The van der Waals surface area contributed by atoms with Crippen molar-refractivity contribution in [3.05, 3.63) is 198 Å². The van der Waals surface area contributed by atoms with Crippen molar-refractivity contribution in [2.75, 3.05) is 0 Å². The maximum atomic E-state index is 6.83. The molecule has 2 aliphatic rings. The lowest BCUT2D eigenvalue weighted by molar-refractivity contribution is 0.669. The van der Waals surface area contributed by atoms with Gasteiger partial charge in [-0.2, -0.15) is 0 Å². The molecule has 0 radical (unpaired) electrons. The molecule has 9 aromatic rings. The standard InChI is InChI=1S/C48H29NO/c1-2-10-30(11-3-1)32-18-20-36-34-12-4-5-13-35(34)37-21-19-33(31-24-26-49-27-25-31)29-44(37)48(43(36)28-32)41-16-8-6-15-40(41)46-42(48)23-22-39-38-14-7-9-17-45(38)50-47(39)46/h1-29H. The Morgan fingerprint density at radius 3 is 1.70 bits per heavy atom. The summed E-state index contributed by atoms with van der Waals surface area (Å²) in [7, 11) is 0. The molecule has 2 nitrogen and oxygen atoms in total. The van der Waals surface area contributed by atoms with Crippen molar-refractivity contribution in [1.82, 2.24) is 4.98 Å². The van der Waals surface area contributed by atoms with Crippen LogP contribution in [-0.4, -0.2) is 4.98 Å². The summed E-state index contributed by atoms with van der Waals surface area (Å²) in [5.74, 6) is 0. The zero-order valence-corrected chi connectivity index (χ0v) is 27.1. The van der Waals surface area contributed by atoms with Crippen LogP contribution < -0.4 is 0 Å². The minimum Gasteiger partial charge on any atom is -0.455 e. The molecular formula is C48H29NO. The number of furan rings is 1. The minimum absolute atomic E-state index is 0.642. The highest BCUT2D eigenvalue weighted by molar-refractivity contribution is 6.13. The SMILES string of the molecule is c1ccc(-c2ccc3c(c2)C2(c4cc(-c5ccncc5)ccc4-c4ccccc4-3)c3ccccc3-c3c2ccc2c3oc3ccccc32)cc1. The van der Waals surface area contributed by atoms with E-state index in [-0.39, 0.29) is 0 Å². The highest BCUT2D eigenvalue weighted by atomic mass is 16.3. The second kappa shape index (κ2) is 10.2. The zero-order chi connectivity index (χ0) is 32.8. The number of pyridine rings is 1. The Labute approximate surface area is 290 Å². The van der Waals surface area contributed by atoms with Crippen molar-refractivity contribution < 1.29 is 4.42 Å². The Morgan fingerprint density at radius 1 is 0.380 bits per heavy atom. The first kappa shape index (κ1) is 27.4. The lowest BCUT2D eigenvalue weighted by atomic mass is 9.65. The summed E-state index contributed by atoms with van der Waals surface area (Å²) < 4.78 is 6.83. The van der Waals surface area contributed by atoms with E-state index >= 15 is 0 Å². The fourth-order valence-corrected chi connectivity index (χ4v) is 8.93. The number of benzene rings is 7. The Bertz CT molecular complexity index is 2700. The predicted molar refractivity (Wildman–Crippen MR) is 204 cm³/mol. The second-order valence-electron chi connectivity index (χ2n) is 13.4. The summed E-state index contributed by atoms with van der Waals surface area (Å²) in [6.45, 7) is 0. The van der Waals surface area contributed by atoms with Crippen molar-refractivity contribution in [2.24, 2.45) is 0 Å². The van der Waals surface area contributed by atoms with Crippen LogP contribution in [0.3, 0.4) is 0 Å². The number of hydrogen-bond acceptors (Lipinski definition) is 2. The summed E-state index contributed by atoms with van der Waals surface area (Å²) in [5, 5.41) is 2.29. The van der Waals surface area contributed by atoms with E-state index in [0.717, 1.165) is 27.5 Å². The van der Waals surface area contributed by atoms with Gasteiger partial charge in [-0.05, 0) is 103 Å². The normalized spacial score (nSPS) is 15.3. The van der Waals surface area contributed by atoms with E-state index in [1.807, 2.05) is 12.4 Å². The van der Waals surface area contributed by atoms with Crippen LogP contribution >= 0.6 is 0 Å². The summed E-state index contributed by atoms with van der Waals surface area (Å²) in [6.07, 6.45) is 3.76. The van der Waals surface area contributed by atoms with Gasteiger partial charge in [-0.3, -0.25) is 4.98 Å². The third-order valence-electron chi connectivity index (χ3n) is 11.0. The van der Waals surface area contributed by atoms with Gasteiger partial charge in [-0.1, -0.05) is 133 Å². The summed E-state index contributed by atoms with van der Waals surface area (Å²) in [5.41, 5.74) is 18.4. The van der Waals surface area contributed by atoms with Crippen LogP contribution in [0.4, 0.5) is 0 Å². The molecule has 0 amide bonds. The number of aromatic nitrogens is 1. The average Bonchev–Trinajstić information content (AvgIpc) is 3.69. The van der Waals surface area contributed by atoms with Crippen LogP contribution in [0.2, 0.25) is 0 Å². The second-order valence-corrected chi connectivity index (χ2v) is 13.4. The van der Waals surface area contributed by atoms with E-state index in [1.54, 1.807) is 0 Å². The van der Waals surface area contributed by atoms with Crippen molar-refractivity contribution in [3.8, 4) is 55.6 Å². The Balaban J connectivity index is 1.36. The monoisotopic (exact) mass is 635 g/mol. The van der Waals surface area contributed by atoms with Gasteiger partial charge in [0, 0.05) is 28.7 Å². The number of para-hydroxylation sites is 1. The molecule has 1 atom stereocenters. The van der Waals surface area contributed by atoms with Gasteiger partial charge in [0.1, 0.15) is 11.2 Å². The van der Waals surface area contributed by atoms with E-state index in [0.29, 0.717) is 0 Å². The number of nitrogens with zero attached hydrogens (tertiary/aromatic N) is 1. The molecule has 0 bridgehead atoms. The third-order valence-corrected chi connectivity index (χ3v) is 11.0. The van der Waals surface area contributed by atoms with Crippen LogP contribution in [0.1, 0.15) is 22.3 Å². The average molecular weight is 636 g/mol. The third kappa shape index (κ3) is 3.60. The molecule has 1 spiro atoms. The van der Waals surface area contributed by atoms with Crippen molar-refractivity contribution >= 4 is 21.9 Å².